The lowest BCUT2D eigenvalue weighted by molar-refractivity contribution is -0.118. The molecule has 0 saturated heterocycles. The van der Waals surface area contributed by atoms with E-state index in [1.807, 2.05) is 0 Å². The van der Waals surface area contributed by atoms with E-state index in [-0.39, 0.29) is 30.7 Å². The van der Waals surface area contributed by atoms with E-state index in [1.165, 1.54) is 12.3 Å². The smallest absolute Gasteiger partial charge is 0.262 e. The second-order valence-corrected chi connectivity index (χ2v) is 4.90. The zero-order chi connectivity index (χ0) is 16.2. The Labute approximate surface area is 131 Å². The van der Waals surface area contributed by atoms with Crippen LogP contribution in [0.15, 0.2) is 42.7 Å². The zero-order valence-corrected chi connectivity index (χ0v) is 12.0. The standard InChI is InChI=1S/C16H13N3O4/c20-13(8-18-16(22)11-2-1-5-17-7-11)10-3-4-14-12(6-10)19-15(21)9-23-14/h1-7H,8-9H2,(H,18,22)(H,19,21). The van der Waals surface area contributed by atoms with Gasteiger partial charge in [0.2, 0.25) is 0 Å². The highest BCUT2D eigenvalue weighted by Gasteiger charge is 2.18. The van der Waals surface area contributed by atoms with E-state index >= 15 is 0 Å². The normalized spacial score (nSPS) is 12.6. The number of anilines is 1. The Morgan fingerprint density at radius 1 is 1.26 bits per heavy atom. The molecule has 0 unspecified atom stereocenters. The molecule has 1 aliphatic heterocycles. The maximum atomic E-state index is 12.2. The molecule has 116 valence electrons. The molecular weight excluding hydrogens is 298 g/mol. The minimum absolute atomic E-state index is 0.0402. The van der Waals surface area contributed by atoms with Gasteiger partial charge in [0.25, 0.3) is 11.8 Å². The van der Waals surface area contributed by atoms with Gasteiger partial charge in [-0.25, -0.2) is 0 Å². The van der Waals surface area contributed by atoms with Gasteiger partial charge in [-0.2, -0.15) is 0 Å². The van der Waals surface area contributed by atoms with Gasteiger partial charge in [0.1, 0.15) is 5.75 Å². The van der Waals surface area contributed by atoms with Crippen molar-refractivity contribution in [2.45, 2.75) is 0 Å². The van der Waals surface area contributed by atoms with Crippen LogP contribution in [0.25, 0.3) is 0 Å². The zero-order valence-electron chi connectivity index (χ0n) is 12.0. The van der Waals surface area contributed by atoms with Crippen LogP contribution in [0.4, 0.5) is 5.69 Å². The lowest BCUT2D eigenvalue weighted by Crippen LogP contribution is -2.30. The van der Waals surface area contributed by atoms with Crippen molar-refractivity contribution in [2.75, 3.05) is 18.5 Å². The number of carbonyl (C=O) groups is 3. The molecule has 0 bridgehead atoms. The number of fused-ring (bicyclic) bond motifs is 1. The number of nitrogens with one attached hydrogen (secondary N) is 2. The third-order valence-corrected chi connectivity index (χ3v) is 3.27. The van der Waals surface area contributed by atoms with E-state index in [0.29, 0.717) is 22.6 Å². The first kappa shape index (κ1) is 14.7. The van der Waals surface area contributed by atoms with Crippen molar-refractivity contribution in [3.05, 3.63) is 53.9 Å². The summed E-state index contributed by atoms with van der Waals surface area (Å²) in [5.74, 6) is -0.404. The number of aromatic nitrogens is 1. The first-order valence-corrected chi connectivity index (χ1v) is 6.91. The Bertz CT molecular complexity index is 774. The Balaban J connectivity index is 1.66. The topological polar surface area (TPSA) is 97.4 Å². The summed E-state index contributed by atoms with van der Waals surface area (Å²) in [4.78, 5) is 39.2. The average Bonchev–Trinajstić information content (AvgIpc) is 2.59. The van der Waals surface area contributed by atoms with Gasteiger partial charge in [0.05, 0.1) is 17.8 Å². The SMILES string of the molecule is O=C1COc2ccc(C(=O)CNC(=O)c3cccnc3)cc2N1. The largest absolute Gasteiger partial charge is 0.482 e. The van der Waals surface area contributed by atoms with Crippen LogP contribution in [0.1, 0.15) is 20.7 Å². The molecule has 2 heterocycles. The summed E-state index contributed by atoms with van der Waals surface area (Å²) in [5, 5.41) is 5.17. The van der Waals surface area contributed by atoms with Crippen molar-refractivity contribution >= 4 is 23.3 Å². The molecule has 1 aromatic heterocycles. The van der Waals surface area contributed by atoms with Crippen molar-refractivity contribution in [3.63, 3.8) is 0 Å². The minimum atomic E-state index is -0.374. The van der Waals surface area contributed by atoms with Crippen LogP contribution in [-0.4, -0.2) is 35.7 Å². The highest BCUT2D eigenvalue weighted by atomic mass is 16.5. The van der Waals surface area contributed by atoms with E-state index < -0.39 is 0 Å². The molecule has 7 heteroatoms. The van der Waals surface area contributed by atoms with Gasteiger partial charge in [-0.15, -0.1) is 0 Å². The number of amides is 2. The number of rotatable bonds is 4. The quantitative estimate of drug-likeness (QED) is 0.822. The van der Waals surface area contributed by atoms with Gasteiger partial charge >= 0.3 is 0 Å². The fraction of sp³-hybridized carbons (Fsp3) is 0.125. The van der Waals surface area contributed by atoms with Crippen LogP contribution in [0.3, 0.4) is 0 Å². The molecule has 0 saturated carbocycles. The number of hydrogen-bond acceptors (Lipinski definition) is 5. The fourth-order valence-electron chi connectivity index (χ4n) is 2.12. The lowest BCUT2D eigenvalue weighted by Gasteiger charge is -2.18. The molecule has 0 radical (unpaired) electrons. The predicted octanol–water partition coefficient (Wildman–Crippen LogP) is 1.03. The molecule has 0 fully saturated rings. The van der Waals surface area contributed by atoms with Gasteiger partial charge in [-0.1, -0.05) is 0 Å². The summed E-state index contributed by atoms with van der Waals surface area (Å²) >= 11 is 0. The van der Waals surface area contributed by atoms with Crippen molar-refractivity contribution in [1.82, 2.24) is 10.3 Å². The number of pyridine rings is 1. The Hall–Kier alpha value is -3.22. The molecule has 23 heavy (non-hydrogen) atoms. The summed E-state index contributed by atoms with van der Waals surface area (Å²) in [5.41, 5.74) is 1.21. The summed E-state index contributed by atoms with van der Waals surface area (Å²) in [7, 11) is 0. The molecule has 2 N–H and O–H groups in total. The maximum absolute atomic E-state index is 12.2. The Morgan fingerprint density at radius 3 is 2.91 bits per heavy atom. The van der Waals surface area contributed by atoms with Gasteiger partial charge in [0.15, 0.2) is 12.4 Å². The minimum Gasteiger partial charge on any atom is -0.482 e. The molecule has 3 rings (SSSR count). The second-order valence-electron chi connectivity index (χ2n) is 4.90. The van der Waals surface area contributed by atoms with E-state index in [9.17, 15) is 14.4 Å². The van der Waals surface area contributed by atoms with Crippen molar-refractivity contribution < 1.29 is 19.1 Å². The number of ether oxygens (including phenoxy) is 1. The Morgan fingerprint density at radius 2 is 2.13 bits per heavy atom. The number of benzene rings is 1. The maximum Gasteiger partial charge on any atom is 0.262 e. The van der Waals surface area contributed by atoms with E-state index in [4.69, 9.17) is 4.74 Å². The van der Waals surface area contributed by atoms with E-state index in [0.717, 1.165) is 0 Å². The monoisotopic (exact) mass is 311 g/mol. The third kappa shape index (κ3) is 3.34. The van der Waals surface area contributed by atoms with Crippen LogP contribution in [-0.2, 0) is 4.79 Å². The first-order valence-electron chi connectivity index (χ1n) is 6.91. The van der Waals surface area contributed by atoms with E-state index in [2.05, 4.69) is 15.6 Å². The average molecular weight is 311 g/mol. The van der Waals surface area contributed by atoms with Gasteiger partial charge in [0, 0.05) is 18.0 Å². The third-order valence-electron chi connectivity index (χ3n) is 3.27. The number of hydrogen-bond donors (Lipinski definition) is 2. The Kier molecular flexibility index (Phi) is 4.01. The molecular formula is C16H13N3O4. The number of carbonyl (C=O) groups excluding carboxylic acids is 3. The van der Waals surface area contributed by atoms with Crippen LogP contribution >= 0.6 is 0 Å². The van der Waals surface area contributed by atoms with E-state index in [1.54, 1.807) is 30.5 Å². The van der Waals surface area contributed by atoms with Crippen molar-refractivity contribution in [1.29, 1.82) is 0 Å². The predicted molar refractivity (Wildman–Crippen MR) is 81.5 cm³/mol. The molecule has 1 aliphatic rings. The van der Waals surface area contributed by atoms with Crippen LogP contribution in [0.5, 0.6) is 5.75 Å². The summed E-state index contributed by atoms with van der Waals surface area (Å²) in [6.07, 6.45) is 2.98. The summed E-state index contributed by atoms with van der Waals surface area (Å²) in [6.45, 7) is -0.192. The second kappa shape index (κ2) is 6.27. The molecule has 7 nitrogen and oxygen atoms in total. The fourth-order valence-corrected chi connectivity index (χ4v) is 2.12. The number of Topliss-reactive ketones (excluding diaryl/α,β-unsaturated/α-hetero) is 1. The summed E-state index contributed by atoms with van der Waals surface area (Å²) in [6, 6.07) is 7.99. The van der Waals surface area contributed by atoms with Crippen LogP contribution < -0.4 is 15.4 Å². The molecule has 0 aliphatic carbocycles. The van der Waals surface area contributed by atoms with Crippen molar-refractivity contribution in [2.24, 2.45) is 0 Å². The molecule has 1 aromatic carbocycles. The van der Waals surface area contributed by atoms with Gasteiger partial charge in [-0.3, -0.25) is 19.4 Å². The molecule has 2 aromatic rings. The highest BCUT2D eigenvalue weighted by molar-refractivity contribution is 6.04. The molecule has 2 amide bonds. The van der Waals surface area contributed by atoms with Crippen LogP contribution in [0.2, 0.25) is 0 Å². The van der Waals surface area contributed by atoms with Gasteiger partial charge < -0.3 is 15.4 Å². The van der Waals surface area contributed by atoms with Crippen LogP contribution in [0, 0.1) is 0 Å². The van der Waals surface area contributed by atoms with Crippen molar-refractivity contribution in [3.8, 4) is 5.75 Å². The summed E-state index contributed by atoms with van der Waals surface area (Å²) < 4.78 is 5.23. The number of ketones is 1. The first-order chi connectivity index (χ1) is 11.1. The molecule has 0 spiro atoms. The molecule has 0 atom stereocenters. The number of nitrogens with zero attached hydrogens (tertiary/aromatic N) is 1. The van der Waals surface area contributed by atoms with Gasteiger partial charge in [-0.05, 0) is 30.3 Å². The lowest BCUT2D eigenvalue weighted by atomic mass is 10.1. The highest BCUT2D eigenvalue weighted by Crippen LogP contribution is 2.28.